The molecule has 0 radical (unpaired) electrons. The lowest BCUT2D eigenvalue weighted by Gasteiger charge is -2.11. The van der Waals surface area contributed by atoms with Crippen LogP contribution in [-0.2, 0) is 0 Å². The lowest BCUT2D eigenvalue weighted by Crippen LogP contribution is -2.14. The maximum Gasteiger partial charge on any atom is 0.119 e. The molecule has 0 aliphatic heterocycles. The Kier molecular flexibility index (Phi) is 6.85. The van der Waals surface area contributed by atoms with Gasteiger partial charge in [0.2, 0.25) is 0 Å². The minimum absolute atomic E-state index is 0.152. The van der Waals surface area contributed by atoms with Gasteiger partial charge in [-0.2, -0.15) is 0 Å². The van der Waals surface area contributed by atoms with Gasteiger partial charge in [-0.1, -0.05) is 31.1 Å². The van der Waals surface area contributed by atoms with Crippen molar-refractivity contribution in [1.29, 1.82) is 0 Å². The molecule has 0 aromatic rings. The largest absolute Gasteiger partial charge is 0.119 e. The van der Waals surface area contributed by atoms with E-state index in [1.165, 1.54) is 24.1 Å². The predicted octanol–water partition coefficient (Wildman–Crippen LogP) is 3.53. The van der Waals surface area contributed by atoms with E-state index in [1.807, 2.05) is 0 Å². The summed E-state index contributed by atoms with van der Waals surface area (Å²) >= 11 is 2.68. The first-order chi connectivity index (χ1) is 5.42. The van der Waals surface area contributed by atoms with Crippen LogP contribution in [0.25, 0.3) is 0 Å². The second-order valence-corrected chi connectivity index (χ2v) is 18.6. The summed E-state index contributed by atoms with van der Waals surface area (Å²) in [5, 5.41) is 0. The van der Waals surface area contributed by atoms with Gasteiger partial charge in [0.25, 0.3) is 0 Å². The minimum atomic E-state index is -0.763. The van der Waals surface area contributed by atoms with E-state index in [4.69, 9.17) is 0 Å². The van der Waals surface area contributed by atoms with E-state index >= 15 is 0 Å². The molecule has 0 bridgehead atoms. The Bertz CT molecular complexity index is 143. The molecule has 0 unspecified atom stereocenters. The molecule has 0 aromatic heterocycles. The molecule has 0 spiro atoms. The standard InChI is InChI=1S/C9H21ISi2/c1-9(2)8-11-6-5-7-12(3,4)10/h8H,5-7,11H2,1-4H3. The zero-order valence-corrected chi connectivity index (χ0v) is 13.4. The Labute approximate surface area is 93.3 Å². The average molecular weight is 312 g/mol. The SMILES string of the molecule is CC(C)=C[SiH2]CCC[Si](C)(C)I. The molecule has 12 heavy (non-hydrogen) atoms. The first-order valence-electron chi connectivity index (χ1n) is 4.74. The van der Waals surface area contributed by atoms with Crippen molar-refractivity contribution in [3.8, 4) is 0 Å². The lowest BCUT2D eigenvalue weighted by atomic mass is 10.4. The van der Waals surface area contributed by atoms with Crippen molar-refractivity contribution >= 4 is 36.9 Å². The highest BCUT2D eigenvalue weighted by molar-refractivity contribution is 14.1. The summed E-state index contributed by atoms with van der Waals surface area (Å²) in [7, 11) is 0.152. The molecule has 0 N–H and O–H groups in total. The van der Waals surface area contributed by atoms with Gasteiger partial charge in [-0.15, -0.1) is 27.5 Å². The van der Waals surface area contributed by atoms with Gasteiger partial charge in [-0.25, -0.2) is 0 Å². The van der Waals surface area contributed by atoms with Crippen LogP contribution in [0.15, 0.2) is 11.3 Å². The van der Waals surface area contributed by atoms with E-state index < -0.39 is 5.57 Å². The third kappa shape index (κ3) is 10.9. The topological polar surface area (TPSA) is 0 Å². The number of rotatable bonds is 5. The van der Waals surface area contributed by atoms with E-state index in [0.29, 0.717) is 0 Å². The van der Waals surface area contributed by atoms with Crippen LogP contribution < -0.4 is 0 Å². The molecule has 0 aromatic carbocycles. The van der Waals surface area contributed by atoms with Gasteiger partial charge in [0.05, 0.1) is 0 Å². The van der Waals surface area contributed by atoms with Gasteiger partial charge in [0.15, 0.2) is 0 Å². The van der Waals surface area contributed by atoms with Gasteiger partial charge in [0, 0.05) is 9.52 Å². The molecule has 0 saturated carbocycles. The molecule has 0 aliphatic carbocycles. The van der Waals surface area contributed by atoms with E-state index in [-0.39, 0.29) is 9.52 Å². The molecule has 3 heteroatoms. The summed E-state index contributed by atoms with van der Waals surface area (Å²) in [5.41, 5.74) is 3.25. The van der Waals surface area contributed by atoms with E-state index in [0.717, 1.165) is 0 Å². The van der Waals surface area contributed by atoms with Crippen LogP contribution >= 0.6 is 21.8 Å². The Morgan fingerprint density at radius 2 is 2.00 bits per heavy atom. The van der Waals surface area contributed by atoms with E-state index in [2.05, 4.69) is 54.4 Å². The molecule has 0 rings (SSSR count). The number of allylic oxidation sites excluding steroid dienone is 1. The van der Waals surface area contributed by atoms with Crippen LogP contribution in [0.3, 0.4) is 0 Å². The summed E-state index contributed by atoms with van der Waals surface area (Å²) in [5.74, 6) is 0. The Morgan fingerprint density at radius 1 is 1.42 bits per heavy atom. The van der Waals surface area contributed by atoms with E-state index in [9.17, 15) is 0 Å². The van der Waals surface area contributed by atoms with Crippen molar-refractivity contribution in [3.05, 3.63) is 11.3 Å². The highest BCUT2D eigenvalue weighted by atomic mass is 127. The van der Waals surface area contributed by atoms with Gasteiger partial charge in [-0.05, 0) is 19.9 Å². The van der Waals surface area contributed by atoms with Gasteiger partial charge in [-0.3, -0.25) is 0 Å². The lowest BCUT2D eigenvalue weighted by molar-refractivity contribution is 1.05. The number of hydrogen-bond donors (Lipinski definition) is 0. The van der Waals surface area contributed by atoms with Crippen molar-refractivity contribution in [1.82, 2.24) is 0 Å². The summed E-state index contributed by atoms with van der Waals surface area (Å²) in [4.78, 5) is 0. The zero-order chi connectivity index (χ0) is 9.61. The third-order valence-electron chi connectivity index (χ3n) is 1.78. The van der Waals surface area contributed by atoms with Crippen molar-refractivity contribution in [3.63, 3.8) is 0 Å². The van der Waals surface area contributed by atoms with Crippen molar-refractivity contribution in [2.45, 2.75) is 45.5 Å². The van der Waals surface area contributed by atoms with E-state index in [1.54, 1.807) is 0 Å². The smallest absolute Gasteiger partial charge is 0.119 e. The van der Waals surface area contributed by atoms with Gasteiger partial charge >= 0.3 is 0 Å². The second-order valence-electron chi connectivity index (χ2n) is 4.25. The molecule has 72 valence electrons. The van der Waals surface area contributed by atoms with Crippen molar-refractivity contribution < 1.29 is 0 Å². The minimum Gasteiger partial charge on any atom is -0.119 e. The molecule has 0 aliphatic rings. The highest BCUT2D eigenvalue weighted by Crippen LogP contribution is 2.20. The zero-order valence-electron chi connectivity index (χ0n) is 8.78. The number of hydrogen-bond acceptors (Lipinski definition) is 0. The molecule has 0 saturated heterocycles. The quantitative estimate of drug-likeness (QED) is 0.315. The average Bonchev–Trinajstić information content (AvgIpc) is 1.83. The fourth-order valence-electron chi connectivity index (χ4n) is 1.08. The monoisotopic (exact) mass is 312 g/mol. The summed E-state index contributed by atoms with van der Waals surface area (Å²) in [6.07, 6.45) is 1.48. The van der Waals surface area contributed by atoms with Crippen LogP contribution in [0.1, 0.15) is 20.3 Å². The third-order valence-corrected chi connectivity index (χ3v) is 6.95. The molecule has 0 heterocycles. The van der Waals surface area contributed by atoms with Crippen LogP contribution in [0.4, 0.5) is 0 Å². The Balaban J connectivity index is 3.29. The highest BCUT2D eigenvalue weighted by Gasteiger charge is 2.13. The molecule has 0 amide bonds. The Hall–Kier alpha value is 0.904. The normalized spacial score (nSPS) is 12.4. The van der Waals surface area contributed by atoms with Crippen LogP contribution in [0, 0.1) is 0 Å². The molecular formula is C9H21ISi2. The van der Waals surface area contributed by atoms with Crippen LogP contribution in [0.5, 0.6) is 0 Å². The fraction of sp³-hybridized carbons (Fsp3) is 0.778. The summed E-state index contributed by atoms with van der Waals surface area (Å²) in [6.45, 7) is 9.33. The predicted molar refractivity (Wildman–Crippen MR) is 73.7 cm³/mol. The molecular weight excluding hydrogens is 291 g/mol. The van der Waals surface area contributed by atoms with Crippen LogP contribution in [0.2, 0.25) is 25.2 Å². The molecule has 0 atom stereocenters. The first kappa shape index (κ1) is 12.9. The van der Waals surface area contributed by atoms with Gasteiger partial charge < -0.3 is 0 Å². The fourth-order valence-corrected chi connectivity index (χ4v) is 5.14. The Morgan fingerprint density at radius 3 is 2.42 bits per heavy atom. The van der Waals surface area contributed by atoms with Crippen LogP contribution in [-0.4, -0.2) is 15.1 Å². The first-order valence-corrected chi connectivity index (χ1v) is 12.9. The van der Waals surface area contributed by atoms with Crippen molar-refractivity contribution in [2.75, 3.05) is 0 Å². The van der Waals surface area contributed by atoms with Gasteiger partial charge in [0.1, 0.15) is 5.57 Å². The van der Waals surface area contributed by atoms with Crippen molar-refractivity contribution in [2.24, 2.45) is 0 Å². The molecule has 0 nitrogen and oxygen atoms in total. The second kappa shape index (κ2) is 6.37. The maximum atomic E-state index is 2.68. The molecule has 0 fully saturated rings. The number of halogens is 1. The summed E-state index contributed by atoms with van der Waals surface area (Å²) < 4.78 is 0. The summed E-state index contributed by atoms with van der Waals surface area (Å²) in [6, 6.07) is 3.03. The maximum absolute atomic E-state index is 2.68.